The number of nitrogens with zero attached hydrogens (tertiary/aromatic N) is 1. The van der Waals surface area contributed by atoms with E-state index in [2.05, 4.69) is 19.9 Å². The zero-order valence-corrected chi connectivity index (χ0v) is 16.0. The van der Waals surface area contributed by atoms with Gasteiger partial charge in [0.2, 0.25) is 0 Å². The van der Waals surface area contributed by atoms with Crippen LogP contribution in [0.5, 0.6) is 0 Å². The van der Waals surface area contributed by atoms with E-state index in [1.54, 1.807) is 11.8 Å². The van der Waals surface area contributed by atoms with E-state index in [-0.39, 0.29) is 41.3 Å². The van der Waals surface area contributed by atoms with Gasteiger partial charge in [0, 0.05) is 13.1 Å². The van der Waals surface area contributed by atoms with Gasteiger partial charge in [-0.25, -0.2) is 0 Å². The van der Waals surface area contributed by atoms with E-state index in [0.717, 1.165) is 0 Å². The molecule has 0 aromatic carbocycles. The molecule has 0 N–H and O–H groups in total. The summed E-state index contributed by atoms with van der Waals surface area (Å²) in [4.78, 5) is 26.8. The number of rotatable bonds is 4. The summed E-state index contributed by atoms with van der Waals surface area (Å²) in [6.45, 7) is 14.8. The fourth-order valence-electron chi connectivity index (χ4n) is 3.71. The summed E-state index contributed by atoms with van der Waals surface area (Å²) in [5.41, 5.74) is 1.10. The third-order valence-corrected chi connectivity index (χ3v) is 5.05. The number of hydrogen-bond donors (Lipinski definition) is 0. The molecule has 1 saturated carbocycles. The molecule has 0 radical (unpaired) electrons. The second kappa shape index (κ2) is 6.87. The van der Waals surface area contributed by atoms with Crippen molar-refractivity contribution in [1.29, 1.82) is 0 Å². The van der Waals surface area contributed by atoms with Crippen molar-refractivity contribution in [3.63, 3.8) is 0 Å². The van der Waals surface area contributed by atoms with E-state index in [9.17, 15) is 9.59 Å². The van der Waals surface area contributed by atoms with Crippen molar-refractivity contribution in [1.82, 2.24) is 4.90 Å². The average molecular weight is 337 g/mol. The number of allylic oxidation sites excluding steroid dienone is 2. The summed E-state index contributed by atoms with van der Waals surface area (Å²) >= 11 is 0. The van der Waals surface area contributed by atoms with Crippen LogP contribution >= 0.6 is 0 Å². The van der Waals surface area contributed by atoms with Crippen LogP contribution in [0.2, 0.25) is 0 Å². The Kier molecular flexibility index (Phi) is 5.43. The normalized spacial score (nSPS) is 32.7. The second-order valence-electron chi connectivity index (χ2n) is 8.15. The van der Waals surface area contributed by atoms with Gasteiger partial charge < -0.3 is 14.4 Å². The van der Waals surface area contributed by atoms with Crippen molar-refractivity contribution in [2.45, 2.75) is 66.8 Å². The molecule has 2 fully saturated rings. The Morgan fingerprint density at radius 1 is 1.21 bits per heavy atom. The lowest BCUT2D eigenvalue weighted by molar-refractivity contribution is -0.165. The van der Waals surface area contributed by atoms with E-state index >= 15 is 0 Å². The summed E-state index contributed by atoms with van der Waals surface area (Å²) in [5, 5.41) is 0. The summed E-state index contributed by atoms with van der Waals surface area (Å²) < 4.78 is 11.2. The van der Waals surface area contributed by atoms with E-state index in [0.29, 0.717) is 13.1 Å². The molecule has 0 aromatic rings. The van der Waals surface area contributed by atoms with Gasteiger partial charge in [0.15, 0.2) is 6.10 Å². The lowest BCUT2D eigenvalue weighted by Gasteiger charge is -2.36. The molecule has 0 aromatic heterocycles. The quantitative estimate of drug-likeness (QED) is 0.585. The summed E-state index contributed by atoms with van der Waals surface area (Å²) in [7, 11) is 0. The highest BCUT2D eigenvalue weighted by Gasteiger charge is 2.61. The van der Waals surface area contributed by atoms with Crippen LogP contribution in [0.15, 0.2) is 11.6 Å². The first-order valence-corrected chi connectivity index (χ1v) is 8.83. The fourth-order valence-corrected chi connectivity index (χ4v) is 3.71. The van der Waals surface area contributed by atoms with Crippen LogP contribution in [0.25, 0.3) is 0 Å². The Morgan fingerprint density at radius 3 is 2.25 bits per heavy atom. The van der Waals surface area contributed by atoms with Gasteiger partial charge in [-0.1, -0.05) is 25.5 Å². The highest BCUT2D eigenvalue weighted by molar-refractivity contribution is 5.85. The van der Waals surface area contributed by atoms with Crippen molar-refractivity contribution >= 4 is 11.9 Å². The van der Waals surface area contributed by atoms with E-state index in [1.807, 2.05) is 27.7 Å². The molecule has 24 heavy (non-hydrogen) atoms. The summed E-state index contributed by atoms with van der Waals surface area (Å²) in [6, 6.07) is 0. The number of hydrogen-bond acceptors (Lipinski definition) is 4. The molecule has 1 heterocycles. The minimum atomic E-state index is -0.751. The maximum absolute atomic E-state index is 12.6. The molecular weight excluding hydrogens is 306 g/mol. The van der Waals surface area contributed by atoms with Crippen molar-refractivity contribution in [3.05, 3.63) is 11.6 Å². The summed E-state index contributed by atoms with van der Waals surface area (Å²) in [5.74, 6) is -0.369. The van der Waals surface area contributed by atoms with Crippen LogP contribution in [-0.4, -0.2) is 48.2 Å². The lowest BCUT2D eigenvalue weighted by atomic mass is 10.1. The van der Waals surface area contributed by atoms with Gasteiger partial charge in [-0.2, -0.15) is 0 Å². The predicted molar refractivity (Wildman–Crippen MR) is 92.3 cm³/mol. The Labute approximate surface area is 145 Å². The monoisotopic (exact) mass is 337 g/mol. The average Bonchev–Trinajstić information content (AvgIpc) is 2.96. The van der Waals surface area contributed by atoms with E-state index in [1.165, 1.54) is 5.57 Å². The largest absolute Gasteiger partial charge is 0.452 e. The highest BCUT2D eigenvalue weighted by Crippen LogP contribution is 2.59. The number of carbonyl (C=O) groups excluding carboxylic acids is 2. The maximum atomic E-state index is 12.6. The molecule has 2 aliphatic rings. The van der Waals surface area contributed by atoms with Crippen molar-refractivity contribution in [3.8, 4) is 0 Å². The molecule has 5 nitrogen and oxygen atoms in total. The van der Waals surface area contributed by atoms with Crippen LogP contribution in [-0.2, 0) is 19.1 Å². The van der Waals surface area contributed by atoms with Crippen LogP contribution in [0.1, 0.15) is 48.5 Å². The molecule has 1 amide bonds. The molecule has 5 atom stereocenters. The zero-order valence-electron chi connectivity index (χ0n) is 16.0. The third-order valence-electron chi connectivity index (χ3n) is 5.05. The standard InChI is InChI=1S/C19H31NO4/c1-11(2)8-15-16(19(15,6)7)18(22)24-14(5)17(21)20-9-12(3)23-13(4)10-20/h8,12-16H,9-10H2,1-7H3/t12-,13+,14-,15+,16+/m0/s1. The predicted octanol–water partition coefficient (Wildman–Crippen LogP) is 2.79. The molecule has 0 spiro atoms. The van der Waals surface area contributed by atoms with Gasteiger partial charge in [0.25, 0.3) is 5.91 Å². The molecule has 136 valence electrons. The van der Waals surface area contributed by atoms with Gasteiger partial charge in [0.05, 0.1) is 18.1 Å². The first-order valence-electron chi connectivity index (χ1n) is 8.83. The van der Waals surface area contributed by atoms with Gasteiger partial charge in [0.1, 0.15) is 0 Å². The van der Waals surface area contributed by atoms with E-state index in [4.69, 9.17) is 9.47 Å². The second-order valence-corrected chi connectivity index (χ2v) is 8.15. The van der Waals surface area contributed by atoms with Crippen molar-refractivity contribution in [2.24, 2.45) is 17.3 Å². The Hall–Kier alpha value is -1.36. The third kappa shape index (κ3) is 4.00. The SMILES string of the molecule is CC(C)=C[C@@H]1[C@H](C(=O)O[C@@H](C)C(=O)N2C[C@@H](C)O[C@@H](C)C2)C1(C)C. The molecule has 1 aliphatic carbocycles. The molecule has 0 bridgehead atoms. The van der Waals surface area contributed by atoms with Crippen LogP contribution in [0.3, 0.4) is 0 Å². The Balaban J connectivity index is 1.94. The molecule has 0 unspecified atom stereocenters. The van der Waals surface area contributed by atoms with Crippen molar-refractivity contribution < 1.29 is 19.1 Å². The number of esters is 1. The van der Waals surface area contributed by atoms with Gasteiger partial charge in [-0.15, -0.1) is 0 Å². The molecule has 2 rings (SSSR count). The number of ether oxygens (including phenoxy) is 2. The van der Waals surface area contributed by atoms with Gasteiger partial charge in [-0.05, 0) is 46.0 Å². The minimum absolute atomic E-state index is 0.00464. The Morgan fingerprint density at radius 2 is 1.75 bits per heavy atom. The zero-order chi connectivity index (χ0) is 18.2. The minimum Gasteiger partial charge on any atom is -0.452 e. The number of amides is 1. The Bertz CT molecular complexity index is 525. The topological polar surface area (TPSA) is 55.8 Å². The smallest absolute Gasteiger partial charge is 0.310 e. The van der Waals surface area contributed by atoms with Crippen LogP contribution in [0.4, 0.5) is 0 Å². The molecular formula is C19H31NO4. The molecule has 1 aliphatic heterocycles. The highest BCUT2D eigenvalue weighted by atomic mass is 16.5. The fraction of sp³-hybridized carbons (Fsp3) is 0.789. The first kappa shape index (κ1) is 19.0. The van der Waals surface area contributed by atoms with Gasteiger partial charge in [-0.3, -0.25) is 9.59 Å². The molecule has 5 heteroatoms. The van der Waals surface area contributed by atoms with Crippen molar-refractivity contribution in [2.75, 3.05) is 13.1 Å². The van der Waals surface area contributed by atoms with Crippen LogP contribution in [0, 0.1) is 17.3 Å². The van der Waals surface area contributed by atoms with Gasteiger partial charge >= 0.3 is 5.97 Å². The maximum Gasteiger partial charge on any atom is 0.310 e. The number of morpholine rings is 1. The van der Waals surface area contributed by atoms with E-state index < -0.39 is 6.10 Å². The lowest BCUT2D eigenvalue weighted by Crippen LogP contribution is -2.51. The number of carbonyl (C=O) groups is 2. The summed E-state index contributed by atoms with van der Waals surface area (Å²) in [6.07, 6.45) is 1.39. The first-order chi connectivity index (χ1) is 11.0. The van der Waals surface area contributed by atoms with Crippen LogP contribution < -0.4 is 0 Å². The molecule has 1 saturated heterocycles.